The van der Waals surface area contributed by atoms with Gasteiger partial charge in [-0.3, -0.25) is 0 Å². The van der Waals surface area contributed by atoms with E-state index in [1.165, 1.54) is 62.8 Å². The predicted molar refractivity (Wildman–Crippen MR) is 81.0 cm³/mol. The van der Waals surface area contributed by atoms with Gasteiger partial charge in [-0.2, -0.15) is 0 Å². The monoisotopic (exact) mass is 258 g/mol. The van der Waals surface area contributed by atoms with E-state index in [1.54, 1.807) is 5.56 Å². The Kier molecular flexibility index (Phi) is 3.93. The zero-order valence-electron chi connectivity index (χ0n) is 12.4. The summed E-state index contributed by atoms with van der Waals surface area (Å²) in [7, 11) is 0. The molecule has 0 amide bonds. The SMILES string of the molecule is CCCC[N+]12CCC(CC1)[C@H](Cc1ccccc1)C2. The van der Waals surface area contributed by atoms with Gasteiger partial charge < -0.3 is 4.48 Å². The number of unbranched alkanes of at least 4 members (excludes halogenated alkanes) is 1. The third-order valence-corrected chi connectivity index (χ3v) is 5.56. The fourth-order valence-electron chi connectivity index (χ4n) is 4.39. The Hall–Kier alpha value is -0.820. The lowest BCUT2D eigenvalue weighted by Crippen LogP contribution is -2.62. The molecule has 19 heavy (non-hydrogen) atoms. The minimum atomic E-state index is 0.946. The zero-order valence-corrected chi connectivity index (χ0v) is 12.4. The minimum absolute atomic E-state index is 0.946. The van der Waals surface area contributed by atoms with Crippen LogP contribution in [0.15, 0.2) is 30.3 Å². The van der Waals surface area contributed by atoms with E-state index >= 15 is 0 Å². The number of hydrogen-bond donors (Lipinski definition) is 0. The Bertz CT molecular complexity index is 389. The maximum absolute atomic E-state index is 2.33. The Balaban J connectivity index is 1.67. The Labute approximate surface area is 118 Å². The van der Waals surface area contributed by atoms with Crippen molar-refractivity contribution < 1.29 is 4.48 Å². The predicted octanol–water partition coefficient (Wildman–Crippen LogP) is 3.89. The molecular weight excluding hydrogens is 230 g/mol. The van der Waals surface area contributed by atoms with Crippen molar-refractivity contribution in [3.05, 3.63) is 35.9 Å². The van der Waals surface area contributed by atoms with E-state index in [9.17, 15) is 0 Å². The summed E-state index contributed by atoms with van der Waals surface area (Å²) in [4.78, 5) is 0. The second kappa shape index (κ2) is 5.66. The van der Waals surface area contributed by atoms with E-state index in [0.29, 0.717) is 0 Å². The molecule has 0 unspecified atom stereocenters. The molecule has 1 nitrogen and oxygen atoms in total. The summed E-state index contributed by atoms with van der Waals surface area (Å²) >= 11 is 0. The van der Waals surface area contributed by atoms with Crippen LogP contribution < -0.4 is 0 Å². The quantitative estimate of drug-likeness (QED) is 0.703. The summed E-state index contributed by atoms with van der Waals surface area (Å²) in [5.74, 6) is 1.96. The molecule has 3 fully saturated rings. The summed E-state index contributed by atoms with van der Waals surface area (Å²) in [6.45, 7) is 8.16. The van der Waals surface area contributed by atoms with E-state index in [1.807, 2.05) is 0 Å². The second-order valence-electron chi connectivity index (χ2n) is 6.84. The first kappa shape index (κ1) is 13.2. The Morgan fingerprint density at radius 1 is 1.11 bits per heavy atom. The van der Waals surface area contributed by atoms with Crippen LogP contribution in [0.4, 0.5) is 0 Å². The lowest BCUT2D eigenvalue weighted by Gasteiger charge is -2.53. The molecule has 3 saturated heterocycles. The van der Waals surface area contributed by atoms with Gasteiger partial charge in [0.05, 0.1) is 26.2 Å². The average molecular weight is 258 g/mol. The number of fused-ring (bicyclic) bond motifs is 3. The molecule has 4 rings (SSSR count). The topological polar surface area (TPSA) is 0 Å². The highest BCUT2D eigenvalue weighted by molar-refractivity contribution is 5.15. The van der Waals surface area contributed by atoms with E-state index in [-0.39, 0.29) is 0 Å². The van der Waals surface area contributed by atoms with Crippen LogP contribution in [0.5, 0.6) is 0 Å². The molecule has 1 heteroatoms. The summed E-state index contributed by atoms with van der Waals surface area (Å²) in [5.41, 5.74) is 1.55. The van der Waals surface area contributed by atoms with Gasteiger partial charge in [0.2, 0.25) is 0 Å². The molecule has 1 atom stereocenters. The Morgan fingerprint density at radius 2 is 1.84 bits per heavy atom. The van der Waals surface area contributed by atoms with Gasteiger partial charge in [-0.15, -0.1) is 0 Å². The van der Waals surface area contributed by atoms with E-state index < -0.39 is 0 Å². The third-order valence-electron chi connectivity index (χ3n) is 5.56. The molecule has 2 bridgehead atoms. The van der Waals surface area contributed by atoms with Crippen LogP contribution in [0, 0.1) is 11.8 Å². The van der Waals surface area contributed by atoms with Crippen molar-refractivity contribution in [3.63, 3.8) is 0 Å². The highest BCUT2D eigenvalue weighted by atomic mass is 15.4. The van der Waals surface area contributed by atoms with E-state index in [2.05, 4.69) is 37.3 Å². The van der Waals surface area contributed by atoms with Gasteiger partial charge in [0.15, 0.2) is 0 Å². The van der Waals surface area contributed by atoms with Crippen molar-refractivity contribution in [1.29, 1.82) is 0 Å². The van der Waals surface area contributed by atoms with Gasteiger partial charge >= 0.3 is 0 Å². The van der Waals surface area contributed by atoms with Crippen molar-refractivity contribution in [3.8, 4) is 0 Å². The number of benzene rings is 1. The molecule has 0 saturated carbocycles. The van der Waals surface area contributed by atoms with Crippen molar-refractivity contribution in [1.82, 2.24) is 0 Å². The molecule has 1 aromatic rings. The highest BCUT2D eigenvalue weighted by Gasteiger charge is 2.44. The second-order valence-corrected chi connectivity index (χ2v) is 6.84. The van der Waals surface area contributed by atoms with E-state index in [0.717, 1.165) is 11.8 Å². The van der Waals surface area contributed by atoms with Crippen molar-refractivity contribution in [2.75, 3.05) is 26.2 Å². The highest BCUT2D eigenvalue weighted by Crippen LogP contribution is 2.39. The molecule has 3 aliphatic rings. The third kappa shape index (κ3) is 2.86. The van der Waals surface area contributed by atoms with E-state index in [4.69, 9.17) is 0 Å². The molecule has 3 aliphatic heterocycles. The lowest BCUT2D eigenvalue weighted by atomic mass is 9.74. The number of hydrogen-bond acceptors (Lipinski definition) is 0. The molecule has 0 N–H and O–H groups in total. The van der Waals surface area contributed by atoms with Crippen molar-refractivity contribution in [2.24, 2.45) is 11.8 Å². The summed E-state index contributed by atoms with van der Waals surface area (Å²) in [6, 6.07) is 11.1. The van der Waals surface area contributed by atoms with Crippen LogP contribution in [0.2, 0.25) is 0 Å². The van der Waals surface area contributed by atoms with Crippen molar-refractivity contribution in [2.45, 2.75) is 39.0 Å². The number of piperidine rings is 3. The van der Waals surface area contributed by atoms with Crippen LogP contribution in [0.25, 0.3) is 0 Å². The van der Waals surface area contributed by atoms with Gasteiger partial charge in [-0.05, 0) is 24.3 Å². The van der Waals surface area contributed by atoms with Crippen LogP contribution >= 0.6 is 0 Å². The number of quaternary nitrogens is 1. The molecule has 104 valence electrons. The molecular formula is C18H28N+. The summed E-state index contributed by atoms with van der Waals surface area (Å²) in [6.07, 6.45) is 7.07. The smallest absolute Gasteiger partial charge is 0.0821 e. The molecule has 0 radical (unpaired) electrons. The normalized spacial score (nSPS) is 33.5. The van der Waals surface area contributed by atoms with Gasteiger partial charge in [-0.25, -0.2) is 0 Å². The fraction of sp³-hybridized carbons (Fsp3) is 0.667. The van der Waals surface area contributed by atoms with Crippen molar-refractivity contribution >= 4 is 0 Å². The molecule has 0 spiro atoms. The first-order valence-corrected chi connectivity index (χ1v) is 8.20. The largest absolute Gasteiger partial charge is 0.323 e. The first-order chi connectivity index (χ1) is 9.31. The lowest BCUT2D eigenvalue weighted by molar-refractivity contribution is -0.947. The number of rotatable bonds is 5. The molecule has 3 heterocycles. The molecule has 0 aliphatic carbocycles. The van der Waals surface area contributed by atoms with Gasteiger partial charge in [0.25, 0.3) is 0 Å². The van der Waals surface area contributed by atoms with Crippen LogP contribution in [0.3, 0.4) is 0 Å². The Morgan fingerprint density at radius 3 is 2.53 bits per heavy atom. The van der Waals surface area contributed by atoms with Gasteiger partial charge in [0.1, 0.15) is 0 Å². The zero-order chi connectivity index (χ0) is 13.1. The van der Waals surface area contributed by atoms with Gasteiger partial charge in [0, 0.05) is 18.8 Å². The van der Waals surface area contributed by atoms with Crippen LogP contribution in [-0.2, 0) is 6.42 Å². The summed E-state index contributed by atoms with van der Waals surface area (Å²) in [5, 5.41) is 0. The standard InChI is InChI=1S/C18H28N/c1-2-3-11-19-12-9-17(10-13-19)18(15-19)14-16-7-5-4-6-8-16/h4-8,17-18H,2-3,9-15H2,1H3/q+1/t17?,18-,19?/m1/s1. The summed E-state index contributed by atoms with van der Waals surface area (Å²) < 4.78 is 1.45. The maximum Gasteiger partial charge on any atom is 0.0821 e. The molecule has 1 aromatic carbocycles. The van der Waals surface area contributed by atoms with Gasteiger partial charge in [-0.1, -0.05) is 43.7 Å². The fourth-order valence-corrected chi connectivity index (χ4v) is 4.39. The minimum Gasteiger partial charge on any atom is -0.323 e. The first-order valence-electron chi connectivity index (χ1n) is 8.20. The number of nitrogens with zero attached hydrogens (tertiary/aromatic N) is 1. The maximum atomic E-state index is 2.33. The molecule has 0 aromatic heterocycles. The average Bonchev–Trinajstić information content (AvgIpc) is 2.47. The van der Waals surface area contributed by atoms with Crippen LogP contribution in [0.1, 0.15) is 38.2 Å². The van der Waals surface area contributed by atoms with Crippen LogP contribution in [-0.4, -0.2) is 30.7 Å².